The van der Waals surface area contributed by atoms with Crippen molar-refractivity contribution in [2.75, 3.05) is 17.6 Å². The van der Waals surface area contributed by atoms with Crippen LogP contribution in [0, 0.1) is 0 Å². The third-order valence-electron chi connectivity index (χ3n) is 1.67. The largest absolute Gasteiger partial charge is 0.364 e. The number of sulfonamides is 1. The van der Waals surface area contributed by atoms with Crippen molar-refractivity contribution in [3.63, 3.8) is 0 Å². The van der Waals surface area contributed by atoms with Crippen LogP contribution in [-0.2, 0) is 10.0 Å². The molecular weight excluding hydrogens is 220 g/mol. The summed E-state index contributed by atoms with van der Waals surface area (Å²) in [6.07, 6.45) is 2.28. The van der Waals surface area contributed by atoms with Gasteiger partial charge in [-0.2, -0.15) is 0 Å². The second-order valence-electron chi connectivity index (χ2n) is 2.84. The Morgan fingerprint density at radius 2 is 2.13 bits per heavy atom. The Labute approximate surface area is 87.0 Å². The number of carbonyl (C=O) groups excluding carboxylic acids is 1. The van der Waals surface area contributed by atoms with E-state index < -0.39 is 15.9 Å². The van der Waals surface area contributed by atoms with E-state index in [1.54, 1.807) is 0 Å². The molecule has 1 aromatic heterocycles. The molecule has 0 fully saturated rings. The van der Waals surface area contributed by atoms with E-state index in [-0.39, 0.29) is 11.6 Å². The number of aromatic nitrogens is 2. The second-order valence-corrected chi connectivity index (χ2v) is 4.85. The summed E-state index contributed by atoms with van der Waals surface area (Å²) in [6.45, 7) is 0. The molecule has 1 rings (SSSR count). The summed E-state index contributed by atoms with van der Waals surface area (Å²) in [5.74, 6) is -0.825. The van der Waals surface area contributed by atoms with E-state index in [2.05, 4.69) is 9.97 Å². The summed E-state index contributed by atoms with van der Waals surface area (Å²) in [5.41, 5.74) is 4.96. The molecule has 2 N–H and O–H groups in total. The molecule has 0 saturated heterocycles. The zero-order valence-electron chi connectivity index (χ0n) is 8.21. The van der Waals surface area contributed by atoms with Crippen molar-refractivity contribution in [3.8, 4) is 0 Å². The first-order valence-corrected chi connectivity index (χ1v) is 5.74. The standard InChI is InChI=1S/C7H10N4O3S/c1-11(15(2,13)14)7-9-4-3-5(10-7)6(8)12/h3-4H,1-2H3,(H2,8,12). The van der Waals surface area contributed by atoms with E-state index >= 15 is 0 Å². The van der Waals surface area contributed by atoms with Crippen molar-refractivity contribution < 1.29 is 13.2 Å². The highest BCUT2D eigenvalue weighted by molar-refractivity contribution is 7.92. The Morgan fingerprint density at radius 1 is 1.53 bits per heavy atom. The van der Waals surface area contributed by atoms with Crippen LogP contribution >= 0.6 is 0 Å². The molecule has 7 nitrogen and oxygen atoms in total. The van der Waals surface area contributed by atoms with Crippen molar-refractivity contribution in [2.24, 2.45) is 5.73 Å². The molecule has 0 bridgehead atoms. The number of carbonyl (C=O) groups is 1. The lowest BCUT2D eigenvalue weighted by Gasteiger charge is -2.13. The molecule has 82 valence electrons. The van der Waals surface area contributed by atoms with Gasteiger partial charge in [-0.15, -0.1) is 0 Å². The second kappa shape index (κ2) is 3.81. The van der Waals surface area contributed by atoms with Gasteiger partial charge in [0.25, 0.3) is 5.91 Å². The number of anilines is 1. The van der Waals surface area contributed by atoms with Gasteiger partial charge in [0, 0.05) is 13.2 Å². The zero-order valence-corrected chi connectivity index (χ0v) is 9.02. The Bertz CT molecular complexity index is 485. The summed E-state index contributed by atoms with van der Waals surface area (Å²) in [6, 6.07) is 1.31. The molecule has 0 aliphatic heterocycles. The molecule has 1 heterocycles. The zero-order chi connectivity index (χ0) is 11.6. The Balaban J connectivity index is 3.17. The van der Waals surface area contributed by atoms with Crippen molar-refractivity contribution in [1.29, 1.82) is 0 Å². The average molecular weight is 230 g/mol. The maximum Gasteiger partial charge on any atom is 0.267 e. The number of hydrogen-bond acceptors (Lipinski definition) is 5. The van der Waals surface area contributed by atoms with Crippen LogP contribution in [0.5, 0.6) is 0 Å². The van der Waals surface area contributed by atoms with E-state index in [0.29, 0.717) is 0 Å². The molecule has 0 aliphatic rings. The van der Waals surface area contributed by atoms with Crippen molar-refractivity contribution >= 4 is 21.9 Å². The summed E-state index contributed by atoms with van der Waals surface area (Å²) in [7, 11) is -2.15. The fraction of sp³-hybridized carbons (Fsp3) is 0.286. The number of hydrogen-bond donors (Lipinski definition) is 1. The molecule has 0 radical (unpaired) electrons. The van der Waals surface area contributed by atoms with Gasteiger partial charge in [-0.3, -0.25) is 4.79 Å². The molecule has 1 aromatic rings. The first-order valence-electron chi connectivity index (χ1n) is 3.89. The van der Waals surface area contributed by atoms with Crippen LogP contribution in [0.2, 0.25) is 0 Å². The summed E-state index contributed by atoms with van der Waals surface area (Å²) in [4.78, 5) is 18.2. The van der Waals surface area contributed by atoms with Crippen LogP contribution in [-0.4, -0.2) is 37.6 Å². The van der Waals surface area contributed by atoms with Gasteiger partial charge in [-0.25, -0.2) is 22.7 Å². The van der Waals surface area contributed by atoms with E-state index in [1.807, 2.05) is 0 Å². The first kappa shape index (κ1) is 11.4. The minimum absolute atomic E-state index is 0.0319. The Morgan fingerprint density at radius 3 is 2.60 bits per heavy atom. The topological polar surface area (TPSA) is 106 Å². The van der Waals surface area contributed by atoms with Crippen LogP contribution in [0.25, 0.3) is 0 Å². The molecule has 1 amide bonds. The minimum Gasteiger partial charge on any atom is -0.364 e. The molecule has 0 unspecified atom stereocenters. The van der Waals surface area contributed by atoms with Gasteiger partial charge in [-0.05, 0) is 6.07 Å². The van der Waals surface area contributed by atoms with Gasteiger partial charge >= 0.3 is 0 Å². The molecule has 0 spiro atoms. The van der Waals surface area contributed by atoms with E-state index in [0.717, 1.165) is 10.6 Å². The predicted molar refractivity (Wildman–Crippen MR) is 53.8 cm³/mol. The predicted octanol–water partition coefficient (Wildman–Crippen LogP) is -1.03. The van der Waals surface area contributed by atoms with Crippen LogP contribution in [0.3, 0.4) is 0 Å². The normalized spacial score (nSPS) is 11.1. The third kappa shape index (κ3) is 2.62. The SMILES string of the molecule is CN(c1nccc(C(N)=O)n1)S(C)(=O)=O. The number of primary amides is 1. The number of nitrogens with two attached hydrogens (primary N) is 1. The van der Waals surface area contributed by atoms with Gasteiger partial charge in [-0.1, -0.05) is 0 Å². The number of nitrogens with zero attached hydrogens (tertiary/aromatic N) is 3. The van der Waals surface area contributed by atoms with Crippen LogP contribution in [0.1, 0.15) is 10.5 Å². The summed E-state index contributed by atoms with van der Waals surface area (Å²) in [5, 5.41) is 0. The molecule has 0 aromatic carbocycles. The molecular formula is C7H10N4O3S. The van der Waals surface area contributed by atoms with Crippen LogP contribution < -0.4 is 10.0 Å². The maximum atomic E-state index is 11.1. The first-order chi connectivity index (χ1) is 6.82. The monoisotopic (exact) mass is 230 g/mol. The van der Waals surface area contributed by atoms with Gasteiger partial charge in [0.2, 0.25) is 16.0 Å². The third-order valence-corrected chi connectivity index (χ3v) is 2.83. The van der Waals surface area contributed by atoms with Gasteiger partial charge in [0.15, 0.2) is 0 Å². The van der Waals surface area contributed by atoms with Crippen molar-refractivity contribution in [3.05, 3.63) is 18.0 Å². The maximum absolute atomic E-state index is 11.1. The minimum atomic E-state index is -3.44. The van der Waals surface area contributed by atoms with Crippen LogP contribution in [0.4, 0.5) is 5.95 Å². The molecule has 0 saturated carbocycles. The lowest BCUT2D eigenvalue weighted by molar-refractivity contribution is 0.0995. The molecule has 0 aliphatic carbocycles. The Kier molecular flexibility index (Phi) is 2.89. The summed E-state index contributed by atoms with van der Waals surface area (Å²) < 4.78 is 23.1. The van der Waals surface area contributed by atoms with Crippen molar-refractivity contribution in [1.82, 2.24) is 9.97 Å². The highest BCUT2D eigenvalue weighted by atomic mass is 32.2. The fourth-order valence-corrected chi connectivity index (χ4v) is 1.17. The number of amides is 1. The highest BCUT2D eigenvalue weighted by Gasteiger charge is 2.15. The Hall–Kier alpha value is -1.70. The molecule has 15 heavy (non-hydrogen) atoms. The van der Waals surface area contributed by atoms with E-state index in [1.165, 1.54) is 19.3 Å². The highest BCUT2D eigenvalue weighted by Crippen LogP contribution is 2.08. The average Bonchev–Trinajstić information content (AvgIpc) is 2.15. The fourth-order valence-electron chi connectivity index (χ4n) is 0.786. The van der Waals surface area contributed by atoms with Gasteiger partial charge < -0.3 is 5.73 Å². The lowest BCUT2D eigenvalue weighted by Crippen LogP contribution is -2.27. The lowest BCUT2D eigenvalue weighted by atomic mass is 10.4. The van der Waals surface area contributed by atoms with E-state index in [9.17, 15) is 13.2 Å². The van der Waals surface area contributed by atoms with E-state index in [4.69, 9.17) is 5.73 Å². The van der Waals surface area contributed by atoms with Crippen LogP contribution in [0.15, 0.2) is 12.3 Å². The molecule has 0 atom stereocenters. The number of rotatable bonds is 3. The van der Waals surface area contributed by atoms with Crippen molar-refractivity contribution in [2.45, 2.75) is 0 Å². The summed E-state index contributed by atoms with van der Waals surface area (Å²) >= 11 is 0. The smallest absolute Gasteiger partial charge is 0.267 e. The van der Waals surface area contributed by atoms with Gasteiger partial charge in [0.1, 0.15) is 5.69 Å². The van der Waals surface area contributed by atoms with Gasteiger partial charge in [0.05, 0.1) is 6.26 Å². The molecule has 8 heteroatoms. The quantitative estimate of drug-likeness (QED) is 0.714.